The summed E-state index contributed by atoms with van der Waals surface area (Å²) in [7, 11) is 0. The van der Waals surface area contributed by atoms with E-state index >= 15 is 0 Å². The number of unbranched alkanes of at least 4 members (excludes halogenated alkanes) is 7. The van der Waals surface area contributed by atoms with Crippen LogP contribution in [0.2, 0.25) is 0 Å². The molecule has 1 N–H and O–H groups in total. The maximum Gasteiger partial charge on any atom is 0.0454 e. The van der Waals surface area contributed by atoms with Gasteiger partial charge in [0.2, 0.25) is 0 Å². The fourth-order valence-corrected chi connectivity index (χ4v) is 2.72. The molecular formula is C18H27N. The lowest BCUT2D eigenvalue weighted by molar-refractivity contribution is 0.575. The molecule has 0 unspecified atom stereocenters. The van der Waals surface area contributed by atoms with Gasteiger partial charge in [-0.2, -0.15) is 0 Å². The Labute approximate surface area is 117 Å². The molecule has 0 amide bonds. The third kappa shape index (κ3) is 4.74. The first-order valence-corrected chi connectivity index (χ1v) is 7.96. The molecule has 1 aromatic carbocycles. The van der Waals surface area contributed by atoms with Crippen LogP contribution in [0.3, 0.4) is 0 Å². The van der Waals surface area contributed by atoms with Gasteiger partial charge in [-0.25, -0.2) is 0 Å². The van der Waals surface area contributed by atoms with Crippen molar-refractivity contribution in [3.63, 3.8) is 0 Å². The van der Waals surface area contributed by atoms with Crippen LogP contribution < -0.4 is 0 Å². The number of rotatable bonds is 9. The van der Waals surface area contributed by atoms with Gasteiger partial charge in [0.05, 0.1) is 0 Å². The predicted octanol–water partition coefficient (Wildman–Crippen LogP) is 5.85. The van der Waals surface area contributed by atoms with Crippen molar-refractivity contribution in [3.05, 3.63) is 36.0 Å². The highest BCUT2D eigenvalue weighted by Crippen LogP contribution is 2.16. The zero-order valence-corrected chi connectivity index (χ0v) is 12.3. The zero-order chi connectivity index (χ0) is 13.3. The van der Waals surface area contributed by atoms with E-state index in [2.05, 4.69) is 36.2 Å². The number of hydrogen-bond acceptors (Lipinski definition) is 0. The molecule has 1 heterocycles. The number of benzene rings is 1. The van der Waals surface area contributed by atoms with E-state index in [0.717, 1.165) is 0 Å². The summed E-state index contributed by atoms with van der Waals surface area (Å²) >= 11 is 0. The van der Waals surface area contributed by atoms with Gasteiger partial charge in [0.25, 0.3) is 0 Å². The van der Waals surface area contributed by atoms with Crippen LogP contribution in [0.1, 0.15) is 63.9 Å². The SMILES string of the molecule is CCCCCCCCCCc1ccc2[nH]ccc2c1. The minimum atomic E-state index is 1.23. The Bertz CT molecular complexity index is 469. The Balaban J connectivity index is 1.60. The molecule has 0 aliphatic rings. The number of fused-ring (bicyclic) bond motifs is 1. The highest BCUT2D eigenvalue weighted by molar-refractivity contribution is 5.79. The number of nitrogens with one attached hydrogen (secondary N) is 1. The highest BCUT2D eigenvalue weighted by Gasteiger charge is 1.98. The van der Waals surface area contributed by atoms with Crippen LogP contribution in [0.5, 0.6) is 0 Å². The Morgan fingerprint density at radius 2 is 1.58 bits per heavy atom. The fraction of sp³-hybridized carbons (Fsp3) is 0.556. The van der Waals surface area contributed by atoms with Crippen molar-refractivity contribution < 1.29 is 0 Å². The molecule has 0 spiro atoms. The summed E-state index contributed by atoms with van der Waals surface area (Å²) in [6, 6.07) is 8.95. The molecule has 0 aliphatic carbocycles. The van der Waals surface area contributed by atoms with Crippen LogP contribution in [-0.2, 0) is 6.42 Å². The largest absolute Gasteiger partial charge is 0.361 e. The summed E-state index contributed by atoms with van der Waals surface area (Å²) in [6.45, 7) is 2.28. The first-order valence-electron chi connectivity index (χ1n) is 7.96. The minimum Gasteiger partial charge on any atom is -0.361 e. The van der Waals surface area contributed by atoms with Crippen molar-refractivity contribution >= 4 is 10.9 Å². The molecule has 0 atom stereocenters. The van der Waals surface area contributed by atoms with Gasteiger partial charge >= 0.3 is 0 Å². The molecule has 104 valence electrons. The summed E-state index contributed by atoms with van der Waals surface area (Å²) in [5.74, 6) is 0. The average Bonchev–Trinajstić information content (AvgIpc) is 2.89. The second-order valence-corrected chi connectivity index (χ2v) is 5.62. The maximum atomic E-state index is 3.25. The Morgan fingerprint density at radius 1 is 0.842 bits per heavy atom. The summed E-state index contributed by atoms with van der Waals surface area (Å²) in [6.07, 6.45) is 14.4. The Hall–Kier alpha value is -1.24. The molecular weight excluding hydrogens is 230 g/mol. The fourth-order valence-electron chi connectivity index (χ4n) is 2.72. The lowest BCUT2D eigenvalue weighted by atomic mass is 10.0. The molecule has 1 heteroatoms. The van der Waals surface area contributed by atoms with Gasteiger partial charge in [-0.05, 0) is 42.0 Å². The van der Waals surface area contributed by atoms with Crippen LogP contribution in [0, 0.1) is 0 Å². The van der Waals surface area contributed by atoms with Gasteiger partial charge < -0.3 is 4.98 Å². The molecule has 2 rings (SSSR count). The third-order valence-corrected chi connectivity index (χ3v) is 3.94. The number of aromatic amines is 1. The van der Waals surface area contributed by atoms with Crippen LogP contribution >= 0.6 is 0 Å². The lowest BCUT2D eigenvalue weighted by Gasteiger charge is -2.03. The van der Waals surface area contributed by atoms with Gasteiger partial charge in [-0.3, -0.25) is 0 Å². The second-order valence-electron chi connectivity index (χ2n) is 5.62. The van der Waals surface area contributed by atoms with Crippen LogP contribution in [0.25, 0.3) is 10.9 Å². The number of aromatic nitrogens is 1. The van der Waals surface area contributed by atoms with E-state index in [1.807, 2.05) is 6.20 Å². The maximum absolute atomic E-state index is 3.25. The van der Waals surface area contributed by atoms with E-state index in [4.69, 9.17) is 0 Å². The number of aryl methyl sites for hydroxylation is 1. The van der Waals surface area contributed by atoms with Gasteiger partial charge in [0.15, 0.2) is 0 Å². The first-order chi connectivity index (χ1) is 9.40. The standard InChI is InChI=1S/C18H27N/c1-2-3-4-5-6-7-8-9-10-16-11-12-18-17(15-16)13-14-19-18/h11-15,19H,2-10H2,1H3. The van der Waals surface area contributed by atoms with Crippen molar-refractivity contribution in [1.82, 2.24) is 4.98 Å². The molecule has 0 fully saturated rings. The van der Waals surface area contributed by atoms with Gasteiger partial charge in [-0.15, -0.1) is 0 Å². The van der Waals surface area contributed by atoms with Crippen molar-refractivity contribution in [3.8, 4) is 0 Å². The topological polar surface area (TPSA) is 15.8 Å². The van der Waals surface area contributed by atoms with E-state index in [1.54, 1.807) is 0 Å². The predicted molar refractivity (Wildman–Crippen MR) is 84.6 cm³/mol. The molecule has 0 bridgehead atoms. The summed E-state index contributed by atoms with van der Waals surface area (Å²) < 4.78 is 0. The summed E-state index contributed by atoms with van der Waals surface area (Å²) in [5.41, 5.74) is 2.73. The van der Waals surface area contributed by atoms with Gasteiger partial charge in [-0.1, -0.05) is 57.9 Å². The van der Waals surface area contributed by atoms with Crippen LogP contribution in [0.15, 0.2) is 30.5 Å². The van der Waals surface area contributed by atoms with Crippen molar-refractivity contribution in [2.75, 3.05) is 0 Å². The van der Waals surface area contributed by atoms with Crippen molar-refractivity contribution in [2.24, 2.45) is 0 Å². The highest BCUT2D eigenvalue weighted by atomic mass is 14.7. The Morgan fingerprint density at radius 3 is 2.37 bits per heavy atom. The van der Waals surface area contributed by atoms with E-state index < -0.39 is 0 Å². The third-order valence-electron chi connectivity index (χ3n) is 3.94. The second kappa shape index (κ2) is 8.04. The zero-order valence-electron chi connectivity index (χ0n) is 12.3. The summed E-state index contributed by atoms with van der Waals surface area (Å²) in [5, 5.41) is 1.34. The van der Waals surface area contributed by atoms with E-state index in [0.29, 0.717) is 0 Å². The Kier molecular flexibility index (Phi) is 6.00. The monoisotopic (exact) mass is 257 g/mol. The van der Waals surface area contributed by atoms with Gasteiger partial charge in [0, 0.05) is 11.7 Å². The normalized spacial score (nSPS) is 11.2. The number of H-pyrrole nitrogens is 1. The van der Waals surface area contributed by atoms with E-state index in [-0.39, 0.29) is 0 Å². The molecule has 0 radical (unpaired) electrons. The van der Waals surface area contributed by atoms with Crippen LogP contribution in [0.4, 0.5) is 0 Å². The molecule has 2 aromatic rings. The molecule has 0 aliphatic heterocycles. The molecule has 0 saturated carbocycles. The van der Waals surface area contributed by atoms with Crippen molar-refractivity contribution in [1.29, 1.82) is 0 Å². The minimum absolute atomic E-state index is 1.23. The van der Waals surface area contributed by atoms with Crippen molar-refractivity contribution in [2.45, 2.75) is 64.7 Å². The molecule has 1 aromatic heterocycles. The van der Waals surface area contributed by atoms with Crippen LogP contribution in [-0.4, -0.2) is 4.98 Å². The summed E-state index contributed by atoms with van der Waals surface area (Å²) in [4.78, 5) is 3.25. The molecule has 0 saturated heterocycles. The molecule has 19 heavy (non-hydrogen) atoms. The van der Waals surface area contributed by atoms with Gasteiger partial charge in [0.1, 0.15) is 0 Å². The first kappa shape index (κ1) is 14.2. The van der Waals surface area contributed by atoms with E-state index in [1.165, 1.54) is 74.3 Å². The smallest absolute Gasteiger partial charge is 0.0454 e. The van der Waals surface area contributed by atoms with E-state index in [9.17, 15) is 0 Å². The molecule has 1 nitrogen and oxygen atoms in total. The average molecular weight is 257 g/mol. The number of hydrogen-bond donors (Lipinski definition) is 1. The quantitative estimate of drug-likeness (QED) is 0.542. The lowest BCUT2D eigenvalue weighted by Crippen LogP contribution is -1.86.